The van der Waals surface area contributed by atoms with Crippen molar-refractivity contribution in [1.29, 1.82) is 0 Å². The first-order chi connectivity index (χ1) is 7.66. The van der Waals surface area contributed by atoms with Crippen molar-refractivity contribution in [2.45, 2.75) is 20.4 Å². The smallest absolute Gasteiger partial charge is 0.149 e. The van der Waals surface area contributed by atoms with Gasteiger partial charge in [0.2, 0.25) is 0 Å². The van der Waals surface area contributed by atoms with E-state index in [0.717, 1.165) is 17.0 Å². The predicted molar refractivity (Wildman–Crippen MR) is 60.3 cm³/mol. The van der Waals surface area contributed by atoms with Gasteiger partial charge in [-0.05, 0) is 13.8 Å². The molecular weight excluding hydrogens is 228 g/mol. The van der Waals surface area contributed by atoms with Crippen molar-refractivity contribution < 1.29 is 4.52 Å². The first-order valence-electron chi connectivity index (χ1n) is 4.80. The minimum Gasteiger partial charge on any atom is -0.364 e. The second kappa shape index (κ2) is 4.49. The molecule has 0 amide bonds. The molecule has 0 saturated heterocycles. The fourth-order valence-electron chi connectivity index (χ4n) is 1.36. The average molecular weight is 239 g/mol. The molecule has 0 bridgehead atoms. The van der Waals surface area contributed by atoms with Crippen LogP contribution in [0.4, 0.5) is 5.82 Å². The Morgan fingerprint density at radius 1 is 1.38 bits per heavy atom. The molecule has 0 aliphatic heterocycles. The number of rotatable bonds is 3. The maximum absolute atomic E-state index is 5.72. The van der Waals surface area contributed by atoms with Gasteiger partial charge >= 0.3 is 0 Å². The highest BCUT2D eigenvalue weighted by Crippen LogP contribution is 2.14. The topological polar surface area (TPSA) is 63.8 Å². The summed E-state index contributed by atoms with van der Waals surface area (Å²) in [5, 5.41) is 7.34. The molecule has 0 radical (unpaired) electrons. The summed E-state index contributed by atoms with van der Waals surface area (Å²) >= 11 is 5.72. The van der Waals surface area contributed by atoms with E-state index in [4.69, 9.17) is 16.1 Å². The second-order valence-electron chi connectivity index (χ2n) is 3.38. The lowest BCUT2D eigenvalue weighted by Crippen LogP contribution is -2.03. The van der Waals surface area contributed by atoms with Gasteiger partial charge in [0.1, 0.15) is 16.7 Å². The first-order valence-corrected chi connectivity index (χ1v) is 5.18. The summed E-state index contributed by atoms with van der Waals surface area (Å²) in [6.45, 7) is 4.37. The summed E-state index contributed by atoms with van der Waals surface area (Å²) in [6, 6.07) is 0. The minimum atomic E-state index is 0.365. The molecule has 6 heteroatoms. The molecule has 0 aliphatic rings. The number of hydrogen-bond donors (Lipinski definition) is 1. The van der Waals surface area contributed by atoms with Crippen LogP contribution in [-0.2, 0) is 6.54 Å². The third-order valence-corrected chi connectivity index (χ3v) is 2.41. The largest absolute Gasteiger partial charge is 0.364 e. The van der Waals surface area contributed by atoms with Crippen molar-refractivity contribution in [2.75, 3.05) is 5.32 Å². The lowest BCUT2D eigenvalue weighted by Gasteiger charge is -2.04. The van der Waals surface area contributed by atoms with Crippen LogP contribution in [0.25, 0.3) is 0 Å². The lowest BCUT2D eigenvalue weighted by atomic mass is 10.2. The number of nitrogens with one attached hydrogen (secondary N) is 1. The molecule has 2 aromatic heterocycles. The third kappa shape index (κ3) is 2.30. The van der Waals surface area contributed by atoms with Crippen molar-refractivity contribution in [3.8, 4) is 0 Å². The molecule has 2 rings (SSSR count). The van der Waals surface area contributed by atoms with Crippen molar-refractivity contribution in [3.63, 3.8) is 0 Å². The molecule has 0 unspecified atom stereocenters. The van der Waals surface area contributed by atoms with Crippen LogP contribution in [0.1, 0.15) is 17.0 Å². The van der Waals surface area contributed by atoms with Crippen LogP contribution in [-0.4, -0.2) is 15.1 Å². The first kappa shape index (κ1) is 10.9. The molecular formula is C10H11ClN4O. The summed E-state index contributed by atoms with van der Waals surface area (Å²) in [5.74, 6) is 1.44. The predicted octanol–water partition coefficient (Wildman–Crippen LogP) is 2.35. The average Bonchev–Trinajstić information content (AvgIpc) is 2.56. The Bertz CT molecular complexity index is 478. The van der Waals surface area contributed by atoms with Crippen LogP contribution in [0.2, 0.25) is 5.15 Å². The zero-order chi connectivity index (χ0) is 11.5. The summed E-state index contributed by atoms with van der Waals surface area (Å²) in [7, 11) is 0. The van der Waals surface area contributed by atoms with Crippen molar-refractivity contribution >= 4 is 17.4 Å². The summed E-state index contributed by atoms with van der Waals surface area (Å²) in [4.78, 5) is 8.01. The normalized spacial score (nSPS) is 10.4. The highest BCUT2D eigenvalue weighted by molar-refractivity contribution is 6.29. The maximum atomic E-state index is 5.72. The highest BCUT2D eigenvalue weighted by Gasteiger charge is 2.08. The quantitative estimate of drug-likeness (QED) is 0.889. The Hall–Kier alpha value is -1.62. The summed E-state index contributed by atoms with van der Waals surface area (Å²) in [5.41, 5.74) is 1.90. The molecule has 2 heterocycles. The number of halogens is 1. The molecule has 0 atom stereocenters. The number of aryl methyl sites for hydroxylation is 2. The molecule has 0 spiro atoms. The molecule has 0 saturated carbocycles. The summed E-state index contributed by atoms with van der Waals surface area (Å²) < 4.78 is 5.06. The SMILES string of the molecule is Cc1noc(C)c1CNc1cncc(Cl)n1. The fraction of sp³-hybridized carbons (Fsp3) is 0.300. The van der Waals surface area contributed by atoms with E-state index in [9.17, 15) is 0 Å². The number of aromatic nitrogens is 3. The van der Waals surface area contributed by atoms with Gasteiger partial charge in [0.05, 0.1) is 18.1 Å². The van der Waals surface area contributed by atoms with Gasteiger partial charge in [-0.1, -0.05) is 16.8 Å². The fourth-order valence-corrected chi connectivity index (χ4v) is 1.51. The van der Waals surface area contributed by atoms with Gasteiger partial charge in [-0.2, -0.15) is 0 Å². The van der Waals surface area contributed by atoms with E-state index in [1.165, 1.54) is 6.20 Å². The number of anilines is 1. The molecule has 16 heavy (non-hydrogen) atoms. The summed E-state index contributed by atoms with van der Waals surface area (Å²) in [6.07, 6.45) is 3.10. The van der Waals surface area contributed by atoms with E-state index in [1.54, 1.807) is 6.20 Å². The zero-order valence-corrected chi connectivity index (χ0v) is 9.75. The van der Waals surface area contributed by atoms with E-state index >= 15 is 0 Å². The Morgan fingerprint density at radius 3 is 2.81 bits per heavy atom. The van der Waals surface area contributed by atoms with Crippen molar-refractivity contribution in [3.05, 3.63) is 34.6 Å². The molecule has 5 nitrogen and oxygen atoms in total. The van der Waals surface area contributed by atoms with Gasteiger partial charge in [0.15, 0.2) is 0 Å². The van der Waals surface area contributed by atoms with Gasteiger partial charge in [-0.15, -0.1) is 0 Å². The molecule has 1 N–H and O–H groups in total. The van der Waals surface area contributed by atoms with Crippen LogP contribution in [0.15, 0.2) is 16.9 Å². The van der Waals surface area contributed by atoms with E-state index in [2.05, 4.69) is 20.4 Å². The van der Waals surface area contributed by atoms with Gasteiger partial charge in [-0.3, -0.25) is 4.98 Å². The molecule has 84 valence electrons. The van der Waals surface area contributed by atoms with E-state index < -0.39 is 0 Å². The number of hydrogen-bond acceptors (Lipinski definition) is 5. The van der Waals surface area contributed by atoms with Gasteiger partial charge in [0, 0.05) is 12.1 Å². The molecule has 0 aliphatic carbocycles. The Morgan fingerprint density at radius 2 is 2.19 bits per heavy atom. The maximum Gasteiger partial charge on any atom is 0.149 e. The van der Waals surface area contributed by atoms with Gasteiger partial charge in [-0.25, -0.2) is 4.98 Å². The van der Waals surface area contributed by atoms with Crippen LogP contribution in [0.3, 0.4) is 0 Å². The second-order valence-corrected chi connectivity index (χ2v) is 3.77. The Balaban J connectivity index is 2.08. The molecule has 0 fully saturated rings. The molecule has 2 aromatic rings. The van der Waals surface area contributed by atoms with Gasteiger partial charge < -0.3 is 9.84 Å². The van der Waals surface area contributed by atoms with Gasteiger partial charge in [0.25, 0.3) is 0 Å². The van der Waals surface area contributed by atoms with Crippen LogP contribution < -0.4 is 5.32 Å². The van der Waals surface area contributed by atoms with Crippen LogP contribution >= 0.6 is 11.6 Å². The zero-order valence-electron chi connectivity index (χ0n) is 8.99. The monoisotopic (exact) mass is 238 g/mol. The Labute approximate surface area is 97.8 Å². The van der Waals surface area contributed by atoms with Crippen molar-refractivity contribution in [1.82, 2.24) is 15.1 Å². The molecule has 0 aromatic carbocycles. The van der Waals surface area contributed by atoms with Crippen molar-refractivity contribution in [2.24, 2.45) is 0 Å². The van der Waals surface area contributed by atoms with E-state index in [0.29, 0.717) is 17.5 Å². The Kier molecular flexibility index (Phi) is 3.05. The van der Waals surface area contributed by atoms with Crippen LogP contribution in [0, 0.1) is 13.8 Å². The van der Waals surface area contributed by atoms with E-state index in [1.807, 2.05) is 13.8 Å². The highest BCUT2D eigenvalue weighted by atomic mass is 35.5. The third-order valence-electron chi connectivity index (χ3n) is 2.23. The van der Waals surface area contributed by atoms with E-state index in [-0.39, 0.29) is 0 Å². The standard InChI is InChI=1S/C10H11ClN4O/c1-6-8(7(2)16-15-6)3-13-10-5-12-4-9(11)14-10/h4-5H,3H2,1-2H3,(H,13,14). The lowest BCUT2D eigenvalue weighted by molar-refractivity contribution is 0.392. The van der Waals surface area contributed by atoms with Crippen LogP contribution in [0.5, 0.6) is 0 Å². The number of nitrogens with zero attached hydrogens (tertiary/aromatic N) is 3. The minimum absolute atomic E-state index is 0.365.